The average Bonchev–Trinajstić information content (AvgIpc) is 3.15. The molecule has 2 aromatic carbocycles. The van der Waals surface area contributed by atoms with E-state index >= 15 is 0 Å². The largest absolute Gasteiger partial charge is 0.308 e. The maximum Gasteiger partial charge on any atom is 0.269 e. The van der Waals surface area contributed by atoms with Crippen molar-refractivity contribution in [1.29, 1.82) is 0 Å². The Bertz CT molecular complexity index is 1030. The molecule has 9 heteroatoms. The van der Waals surface area contributed by atoms with Gasteiger partial charge in [-0.2, -0.15) is 0 Å². The van der Waals surface area contributed by atoms with Gasteiger partial charge in [-0.25, -0.2) is 4.98 Å². The van der Waals surface area contributed by atoms with E-state index in [2.05, 4.69) is 15.6 Å². The normalized spacial score (nSPS) is 10.6. The second kappa shape index (κ2) is 8.98. The van der Waals surface area contributed by atoms with Crippen molar-refractivity contribution < 1.29 is 9.72 Å². The van der Waals surface area contributed by atoms with Gasteiger partial charge in [0.1, 0.15) is 0 Å². The highest BCUT2D eigenvalue weighted by Crippen LogP contribution is 2.26. The van der Waals surface area contributed by atoms with E-state index in [-0.39, 0.29) is 16.7 Å². The topological polar surface area (TPSA) is 97.2 Å². The number of carbonyl (C=O) groups is 1. The van der Waals surface area contributed by atoms with Crippen molar-refractivity contribution in [1.82, 2.24) is 10.3 Å². The van der Waals surface area contributed by atoms with E-state index in [1.54, 1.807) is 23.6 Å². The second-order valence-corrected chi connectivity index (χ2v) is 6.80. The highest BCUT2D eigenvalue weighted by molar-refractivity contribution is 7.80. The third-order valence-corrected chi connectivity index (χ3v) is 4.52. The fourth-order valence-electron chi connectivity index (χ4n) is 2.24. The van der Waals surface area contributed by atoms with Gasteiger partial charge in [-0.15, -0.1) is 11.3 Å². The SMILES string of the molecule is O=C(C=Cc1ccccc1)NC(=S)Nc1nc(-c2ccc([N+](=O)[O-])cc2)cs1. The van der Waals surface area contributed by atoms with Gasteiger partial charge >= 0.3 is 0 Å². The minimum atomic E-state index is -0.453. The Morgan fingerprint density at radius 3 is 2.54 bits per heavy atom. The highest BCUT2D eigenvalue weighted by atomic mass is 32.1. The highest BCUT2D eigenvalue weighted by Gasteiger charge is 2.09. The molecule has 0 saturated carbocycles. The number of benzene rings is 2. The third kappa shape index (κ3) is 5.29. The Morgan fingerprint density at radius 1 is 1.14 bits per heavy atom. The van der Waals surface area contributed by atoms with E-state index in [1.807, 2.05) is 30.3 Å². The van der Waals surface area contributed by atoms with Gasteiger partial charge in [0.2, 0.25) is 5.91 Å². The average molecular weight is 410 g/mol. The monoisotopic (exact) mass is 410 g/mol. The lowest BCUT2D eigenvalue weighted by Crippen LogP contribution is -2.32. The maximum absolute atomic E-state index is 11.9. The first kappa shape index (κ1) is 19.3. The lowest BCUT2D eigenvalue weighted by atomic mass is 10.1. The molecule has 1 aromatic heterocycles. The van der Waals surface area contributed by atoms with Crippen LogP contribution >= 0.6 is 23.6 Å². The Labute approximate surface area is 169 Å². The van der Waals surface area contributed by atoms with Crippen LogP contribution in [0.2, 0.25) is 0 Å². The van der Waals surface area contributed by atoms with Crippen LogP contribution in [0.5, 0.6) is 0 Å². The van der Waals surface area contributed by atoms with E-state index in [0.29, 0.717) is 10.8 Å². The number of thiazole rings is 1. The molecule has 0 saturated heterocycles. The van der Waals surface area contributed by atoms with E-state index in [9.17, 15) is 14.9 Å². The first-order valence-corrected chi connectivity index (χ1v) is 9.35. The van der Waals surface area contributed by atoms with Crippen LogP contribution < -0.4 is 10.6 Å². The summed E-state index contributed by atoms with van der Waals surface area (Å²) in [6, 6.07) is 15.5. The molecular formula is C19H14N4O3S2. The predicted molar refractivity (Wildman–Crippen MR) is 114 cm³/mol. The standard InChI is InChI=1S/C19H14N4O3S2/c24-17(11-6-13-4-2-1-3-5-13)21-18(27)22-19-20-16(12-28-19)14-7-9-15(10-8-14)23(25)26/h1-12H,(H2,20,21,22,24,27). The quantitative estimate of drug-likeness (QED) is 0.283. The van der Waals surface area contributed by atoms with E-state index < -0.39 is 4.92 Å². The lowest BCUT2D eigenvalue weighted by molar-refractivity contribution is -0.384. The number of nitro benzene ring substituents is 1. The maximum atomic E-state index is 11.9. The summed E-state index contributed by atoms with van der Waals surface area (Å²) in [6.07, 6.45) is 3.08. The molecule has 1 amide bonds. The van der Waals surface area contributed by atoms with Gasteiger partial charge in [-0.3, -0.25) is 20.2 Å². The number of hydrogen-bond donors (Lipinski definition) is 2. The Kier molecular flexibility index (Phi) is 6.20. The van der Waals surface area contributed by atoms with Crippen LogP contribution in [0.4, 0.5) is 10.8 Å². The van der Waals surface area contributed by atoms with Crippen molar-refractivity contribution in [2.45, 2.75) is 0 Å². The lowest BCUT2D eigenvalue weighted by Gasteiger charge is -2.04. The molecule has 0 atom stereocenters. The molecule has 3 rings (SSSR count). The molecule has 0 radical (unpaired) electrons. The minimum absolute atomic E-state index is 0.0183. The summed E-state index contributed by atoms with van der Waals surface area (Å²) >= 11 is 6.44. The molecule has 0 aliphatic rings. The molecule has 28 heavy (non-hydrogen) atoms. The van der Waals surface area contributed by atoms with E-state index in [1.165, 1.54) is 29.5 Å². The zero-order chi connectivity index (χ0) is 19.9. The molecule has 3 aromatic rings. The molecule has 0 unspecified atom stereocenters. The number of anilines is 1. The molecular weight excluding hydrogens is 396 g/mol. The van der Waals surface area contributed by atoms with E-state index in [4.69, 9.17) is 12.2 Å². The van der Waals surface area contributed by atoms with Crippen molar-refractivity contribution >= 4 is 51.5 Å². The van der Waals surface area contributed by atoms with Crippen LogP contribution in [0.1, 0.15) is 5.56 Å². The zero-order valence-electron chi connectivity index (χ0n) is 14.4. The molecule has 0 aliphatic heterocycles. The Balaban J connectivity index is 1.57. The fraction of sp³-hybridized carbons (Fsp3) is 0. The van der Waals surface area contributed by atoms with Gasteiger partial charge in [0.05, 0.1) is 10.6 Å². The Hall–Kier alpha value is -3.43. The van der Waals surface area contributed by atoms with Crippen molar-refractivity contribution in [2.24, 2.45) is 0 Å². The predicted octanol–water partition coefficient (Wildman–Crippen LogP) is 4.24. The van der Waals surface area contributed by atoms with Crippen molar-refractivity contribution in [2.75, 3.05) is 5.32 Å². The number of nitrogens with one attached hydrogen (secondary N) is 2. The smallest absolute Gasteiger partial charge is 0.269 e. The van der Waals surface area contributed by atoms with Crippen LogP contribution in [-0.2, 0) is 4.79 Å². The molecule has 0 spiro atoms. The summed E-state index contributed by atoms with van der Waals surface area (Å²) in [6.45, 7) is 0. The van der Waals surface area contributed by atoms with Gasteiger partial charge in [-0.05, 0) is 36.0 Å². The molecule has 0 aliphatic carbocycles. The summed E-state index contributed by atoms with van der Waals surface area (Å²) in [5, 5.41) is 18.6. The van der Waals surface area contributed by atoms with Gasteiger partial charge in [0.15, 0.2) is 10.2 Å². The van der Waals surface area contributed by atoms with Crippen molar-refractivity contribution in [3.63, 3.8) is 0 Å². The molecule has 140 valence electrons. The summed E-state index contributed by atoms with van der Waals surface area (Å²) in [5.74, 6) is -0.353. The Morgan fingerprint density at radius 2 is 1.86 bits per heavy atom. The number of carbonyl (C=O) groups excluding carboxylic acids is 1. The van der Waals surface area contributed by atoms with Gasteiger partial charge in [0.25, 0.3) is 5.69 Å². The molecule has 0 bridgehead atoms. The van der Waals surface area contributed by atoms with Crippen LogP contribution in [0.25, 0.3) is 17.3 Å². The summed E-state index contributed by atoms with van der Waals surface area (Å²) in [7, 11) is 0. The van der Waals surface area contributed by atoms with Crippen LogP contribution in [0.3, 0.4) is 0 Å². The molecule has 0 fully saturated rings. The second-order valence-electron chi connectivity index (χ2n) is 5.53. The first-order valence-electron chi connectivity index (χ1n) is 8.07. The summed E-state index contributed by atoms with van der Waals surface area (Å²) < 4.78 is 0. The van der Waals surface area contributed by atoms with E-state index in [0.717, 1.165) is 11.1 Å². The minimum Gasteiger partial charge on any atom is -0.308 e. The van der Waals surface area contributed by atoms with Crippen LogP contribution in [-0.4, -0.2) is 20.9 Å². The van der Waals surface area contributed by atoms with Crippen molar-refractivity contribution in [3.05, 3.63) is 81.7 Å². The number of amides is 1. The number of aromatic nitrogens is 1. The number of thiocarbonyl (C=S) groups is 1. The van der Waals surface area contributed by atoms with Gasteiger partial charge < -0.3 is 5.32 Å². The number of rotatable bonds is 5. The molecule has 1 heterocycles. The first-order chi connectivity index (χ1) is 13.5. The number of non-ortho nitro benzene ring substituents is 1. The van der Waals surface area contributed by atoms with Crippen molar-refractivity contribution in [3.8, 4) is 11.3 Å². The third-order valence-electron chi connectivity index (χ3n) is 3.56. The van der Waals surface area contributed by atoms with Crippen LogP contribution in [0, 0.1) is 10.1 Å². The number of nitrogens with zero attached hydrogens (tertiary/aromatic N) is 2. The molecule has 2 N–H and O–H groups in total. The van der Waals surface area contributed by atoms with Crippen LogP contribution in [0.15, 0.2) is 66.1 Å². The fourth-order valence-corrected chi connectivity index (χ4v) is 3.22. The zero-order valence-corrected chi connectivity index (χ0v) is 16.0. The summed E-state index contributed by atoms with van der Waals surface area (Å²) in [4.78, 5) is 26.6. The van der Waals surface area contributed by atoms with Gasteiger partial charge in [-0.1, -0.05) is 30.3 Å². The number of nitro groups is 1. The number of hydrogen-bond acceptors (Lipinski definition) is 6. The molecule has 7 nitrogen and oxygen atoms in total. The summed E-state index contributed by atoms with van der Waals surface area (Å²) in [5.41, 5.74) is 2.32. The van der Waals surface area contributed by atoms with Gasteiger partial charge in [0, 0.05) is 29.2 Å².